The zero-order chi connectivity index (χ0) is 4.50. The number of hydrogen-bond acceptors (Lipinski definition) is 5. The molecule has 0 bridgehead atoms. The van der Waals surface area contributed by atoms with Crippen LogP contribution in [0.4, 0.5) is 0 Å². The fourth-order valence-corrected chi connectivity index (χ4v) is 0. The second-order valence-electron chi connectivity index (χ2n) is 0.408. The second-order valence-corrected chi connectivity index (χ2v) is 1.22. The molecule has 0 amide bonds. The van der Waals surface area contributed by atoms with Crippen molar-refractivity contribution in [2.75, 3.05) is 0 Å². The molecule has 0 aliphatic heterocycles. The summed E-state index contributed by atoms with van der Waals surface area (Å²) in [7, 11) is -5.17. The van der Waals surface area contributed by atoms with Gasteiger partial charge in [0.1, 0.15) is 0 Å². The van der Waals surface area contributed by atoms with Gasteiger partial charge in [-0.1, -0.05) is 0 Å². The van der Waals surface area contributed by atoms with Gasteiger partial charge in [0.2, 0.25) is 0 Å². The molecule has 6 nitrogen and oxygen atoms in total. The monoisotopic (exact) mass is 187 g/mol. The molecule has 53 valence electrons. The molecule has 0 saturated heterocycles. The van der Waals surface area contributed by atoms with Crippen LogP contribution < -0.4 is 0 Å². The molecule has 0 aromatic rings. The van der Waals surface area contributed by atoms with E-state index < -0.39 is 10.4 Å². The fourth-order valence-electron chi connectivity index (χ4n) is 0. The first-order chi connectivity index (χ1) is 2.00. The van der Waals surface area contributed by atoms with Crippen LogP contribution in [0, 0.1) is 0 Å². The Bertz CT molecular complexity index is 91.7. The van der Waals surface area contributed by atoms with Gasteiger partial charge in [-0.3, -0.25) is 8.42 Å². The summed E-state index contributed by atoms with van der Waals surface area (Å²) in [6.45, 7) is 0. The zero-order valence-corrected chi connectivity index (χ0v) is 5.26. The molecular weight excluding hydrogens is 184 g/mol. The van der Waals surface area contributed by atoms with Gasteiger partial charge in [-0.15, -0.1) is 0 Å². The van der Waals surface area contributed by atoms with Gasteiger partial charge in [0.25, 0.3) is 0 Å². The summed E-state index contributed by atoms with van der Waals surface area (Å²) in [6, 6.07) is 0. The predicted octanol–water partition coefficient (Wildman–Crippen LogP) is -2.34. The third-order valence-electron chi connectivity index (χ3n) is 0. The Morgan fingerprint density at radius 2 is 1.12 bits per heavy atom. The van der Waals surface area contributed by atoms with Crippen molar-refractivity contribution in [3.05, 3.63) is 0 Å². The molecule has 0 fully saturated rings. The average Bonchev–Trinajstić information content (AvgIpc) is 0.722. The minimum absolute atomic E-state index is 0. The van der Waals surface area contributed by atoms with Crippen molar-refractivity contribution < 1.29 is 45.5 Å². The topological polar surface area (TPSA) is 142 Å². The maximum Gasteiger partial charge on any atom is 3.00 e. The minimum Gasteiger partial charge on any atom is -0.870 e. The van der Waals surface area contributed by atoms with E-state index in [1.165, 1.54) is 0 Å². The van der Waals surface area contributed by atoms with E-state index in [2.05, 4.69) is 0 Å². The molecule has 3 N–H and O–H groups in total. The summed E-state index contributed by atoms with van der Waals surface area (Å²) in [6.07, 6.45) is 0. The van der Waals surface area contributed by atoms with Crippen LogP contribution in [0.25, 0.3) is 0 Å². The second kappa shape index (κ2) is 7.31. The van der Waals surface area contributed by atoms with Crippen LogP contribution in [0.1, 0.15) is 0 Å². The Labute approximate surface area is 56.6 Å². The summed E-state index contributed by atoms with van der Waals surface area (Å²) in [5.74, 6) is 0. The average molecular weight is 187 g/mol. The SMILES string of the molecule is O.O=S(=O)([O-])[O-].[Fe+3].[OH-]. The molecule has 0 spiro atoms. The molecule has 8 heteroatoms. The Balaban J connectivity index is -0.0000000267. The molecule has 0 aromatic carbocycles. The first-order valence-corrected chi connectivity index (χ1v) is 2.00. The van der Waals surface area contributed by atoms with Gasteiger partial charge in [-0.25, -0.2) is 0 Å². The van der Waals surface area contributed by atoms with Crippen LogP contribution in [0.3, 0.4) is 0 Å². The van der Waals surface area contributed by atoms with Crippen molar-refractivity contribution in [1.82, 2.24) is 0 Å². The largest absolute Gasteiger partial charge is 3.00 e. The Morgan fingerprint density at radius 3 is 1.12 bits per heavy atom. The van der Waals surface area contributed by atoms with E-state index in [9.17, 15) is 0 Å². The van der Waals surface area contributed by atoms with Gasteiger partial charge in [0.05, 0.1) is 0 Å². The molecule has 0 aliphatic rings. The normalized spacial score (nSPS) is 7.25. The van der Waals surface area contributed by atoms with E-state index in [1.807, 2.05) is 0 Å². The van der Waals surface area contributed by atoms with E-state index in [-0.39, 0.29) is 28.0 Å². The van der Waals surface area contributed by atoms with Crippen LogP contribution in [-0.4, -0.2) is 28.5 Å². The summed E-state index contributed by atoms with van der Waals surface area (Å²) >= 11 is 0. The summed E-state index contributed by atoms with van der Waals surface area (Å²) in [5, 5.41) is 0. The van der Waals surface area contributed by atoms with Crippen molar-refractivity contribution in [2.24, 2.45) is 0 Å². The van der Waals surface area contributed by atoms with Crippen molar-refractivity contribution in [3.8, 4) is 0 Å². The van der Waals surface area contributed by atoms with Gasteiger partial charge < -0.3 is 20.1 Å². The smallest absolute Gasteiger partial charge is 0.870 e. The van der Waals surface area contributed by atoms with Gasteiger partial charge in [0.15, 0.2) is 0 Å². The molecule has 0 aromatic heterocycles. The predicted molar refractivity (Wildman–Crippen MR) is 16.0 cm³/mol. The van der Waals surface area contributed by atoms with Gasteiger partial charge in [0, 0.05) is 10.4 Å². The summed E-state index contributed by atoms with van der Waals surface area (Å²) < 4.78 is 34.1. The van der Waals surface area contributed by atoms with Crippen LogP contribution in [0.2, 0.25) is 0 Å². The molecule has 8 heavy (non-hydrogen) atoms. The van der Waals surface area contributed by atoms with Crippen LogP contribution in [-0.2, 0) is 27.5 Å². The standard InChI is InChI=1S/Fe.H2O4S.2H2O/c;1-5(2,3)4;;/h;(H2,1,2,3,4);2*1H2/q+3;;;/p-3. The molecule has 0 aliphatic carbocycles. The Morgan fingerprint density at radius 1 is 1.12 bits per heavy atom. The van der Waals surface area contributed by atoms with Gasteiger partial charge in [-0.05, 0) is 0 Å². The maximum atomic E-state index is 8.52. The van der Waals surface area contributed by atoms with Crippen LogP contribution in [0.5, 0.6) is 0 Å². The molecule has 0 unspecified atom stereocenters. The van der Waals surface area contributed by atoms with Crippen molar-refractivity contribution in [3.63, 3.8) is 0 Å². The zero-order valence-electron chi connectivity index (χ0n) is 3.34. The first-order valence-electron chi connectivity index (χ1n) is 0.667. The molecule has 0 saturated carbocycles. The fraction of sp³-hybridized carbons (Fsp3) is 0. The Hall–Kier alpha value is 0.309. The third-order valence-corrected chi connectivity index (χ3v) is 0. The summed E-state index contributed by atoms with van der Waals surface area (Å²) in [5.41, 5.74) is 0. The number of rotatable bonds is 0. The molecule has 1 radical (unpaired) electrons. The third kappa shape index (κ3) is 1860. The van der Waals surface area contributed by atoms with Crippen molar-refractivity contribution in [1.29, 1.82) is 0 Å². The quantitative estimate of drug-likeness (QED) is 0.237. The first kappa shape index (κ1) is 23.9. The van der Waals surface area contributed by atoms with Crippen molar-refractivity contribution >= 4 is 10.4 Å². The van der Waals surface area contributed by atoms with Gasteiger partial charge in [-0.2, -0.15) is 0 Å². The molecule has 0 heterocycles. The van der Waals surface area contributed by atoms with E-state index in [1.54, 1.807) is 0 Å². The molecule has 0 atom stereocenters. The van der Waals surface area contributed by atoms with Gasteiger partial charge >= 0.3 is 17.1 Å². The molecular formula is H3FeO6S. The van der Waals surface area contributed by atoms with Crippen molar-refractivity contribution in [2.45, 2.75) is 0 Å². The molecule has 0 rings (SSSR count). The Kier molecular flexibility index (Phi) is 21.8. The van der Waals surface area contributed by atoms with E-state index in [4.69, 9.17) is 17.5 Å². The van der Waals surface area contributed by atoms with Crippen LogP contribution in [0.15, 0.2) is 0 Å². The van der Waals surface area contributed by atoms with E-state index >= 15 is 0 Å². The number of hydrogen-bond donors (Lipinski definition) is 0. The van der Waals surface area contributed by atoms with E-state index in [0.29, 0.717) is 0 Å². The minimum atomic E-state index is -5.17. The van der Waals surface area contributed by atoms with E-state index in [0.717, 1.165) is 0 Å². The van der Waals surface area contributed by atoms with Crippen LogP contribution >= 0.6 is 0 Å². The maximum absolute atomic E-state index is 8.52. The summed E-state index contributed by atoms with van der Waals surface area (Å²) in [4.78, 5) is 0.